The Kier molecular flexibility index (Phi) is 5.01. The Morgan fingerprint density at radius 3 is 2.39 bits per heavy atom. The zero-order chi connectivity index (χ0) is 13.0. The van der Waals surface area contributed by atoms with Crippen molar-refractivity contribution >= 4 is 31.9 Å². The molecule has 0 radical (unpaired) electrons. The fourth-order valence-corrected chi connectivity index (χ4v) is 2.77. The molecule has 1 unspecified atom stereocenters. The maximum atomic E-state index is 4.22. The molecule has 0 spiro atoms. The van der Waals surface area contributed by atoms with Crippen molar-refractivity contribution in [1.82, 2.24) is 9.78 Å². The highest BCUT2D eigenvalue weighted by Crippen LogP contribution is 2.18. The van der Waals surface area contributed by atoms with E-state index in [-0.39, 0.29) is 0 Å². The smallest absolute Gasteiger partial charge is 0.0521 e. The predicted octanol–water partition coefficient (Wildman–Crippen LogP) is 3.98. The number of alkyl halides is 1. The summed E-state index contributed by atoms with van der Waals surface area (Å²) in [6.45, 7) is 0. The van der Waals surface area contributed by atoms with E-state index in [0.29, 0.717) is 5.92 Å². The van der Waals surface area contributed by atoms with Crippen LogP contribution in [0.1, 0.15) is 11.1 Å². The minimum atomic E-state index is 0.607. The molecule has 0 N–H and O–H groups in total. The number of hydrogen-bond acceptors (Lipinski definition) is 1. The maximum Gasteiger partial charge on any atom is 0.0521 e. The number of halogens is 2. The molecular formula is C14H16Br2N2. The van der Waals surface area contributed by atoms with Crippen LogP contribution in [-0.2, 0) is 19.9 Å². The molecule has 0 aliphatic carbocycles. The molecule has 2 aromatic rings. The van der Waals surface area contributed by atoms with Gasteiger partial charge in [0.15, 0.2) is 0 Å². The van der Waals surface area contributed by atoms with E-state index in [0.717, 1.165) is 22.6 Å². The second-order valence-corrected chi connectivity index (χ2v) is 6.14. The number of aryl methyl sites for hydroxylation is 1. The van der Waals surface area contributed by atoms with Gasteiger partial charge in [-0.2, -0.15) is 5.10 Å². The fourth-order valence-electron chi connectivity index (χ4n) is 2.05. The molecule has 0 bridgehead atoms. The topological polar surface area (TPSA) is 17.8 Å². The summed E-state index contributed by atoms with van der Waals surface area (Å²) >= 11 is 7.08. The average Bonchev–Trinajstić information content (AvgIpc) is 2.77. The summed E-state index contributed by atoms with van der Waals surface area (Å²) in [5.74, 6) is 0.607. The van der Waals surface area contributed by atoms with Crippen molar-refractivity contribution in [3.8, 4) is 0 Å². The first kappa shape index (κ1) is 13.8. The van der Waals surface area contributed by atoms with E-state index in [2.05, 4.69) is 67.4 Å². The van der Waals surface area contributed by atoms with Crippen LogP contribution < -0.4 is 0 Å². The van der Waals surface area contributed by atoms with Crippen molar-refractivity contribution in [2.45, 2.75) is 12.8 Å². The first-order valence-electron chi connectivity index (χ1n) is 5.95. The lowest BCUT2D eigenvalue weighted by Crippen LogP contribution is -2.09. The van der Waals surface area contributed by atoms with Crippen LogP contribution >= 0.6 is 31.9 Å². The zero-order valence-electron chi connectivity index (χ0n) is 10.3. The van der Waals surface area contributed by atoms with E-state index in [1.54, 1.807) is 0 Å². The number of rotatable bonds is 5. The third-order valence-electron chi connectivity index (χ3n) is 2.94. The summed E-state index contributed by atoms with van der Waals surface area (Å²) in [6.07, 6.45) is 6.21. The Hall–Kier alpha value is -0.610. The molecule has 0 fully saturated rings. The van der Waals surface area contributed by atoms with Crippen molar-refractivity contribution in [3.05, 3.63) is 52.3 Å². The van der Waals surface area contributed by atoms with Gasteiger partial charge in [-0.15, -0.1) is 0 Å². The molecule has 1 atom stereocenters. The summed E-state index contributed by atoms with van der Waals surface area (Å²) < 4.78 is 2.99. The lowest BCUT2D eigenvalue weighted by Gasteiger charge is -2.13. The summed E-state index contributed by atoms with van der Waals surface area (Å²) in [7, 11) is 1.96. The SMILES string of the molecule is Cn1cc(CC(CBr)Cc2ccc(Br)cc2)cn1. The van der Waals surface area contributed by atoms with Crippen molar-refractivity contribution in [3.63, 3.8) is 0 Å². The van der Waals surface area contributed by atoms with Gasteiger partial charge in [-0.05, 0) is 42.0 Å². The van der Waals surface area contributed by atoms with Gasteiger partial charge in [0.05, 0.1) is 6.20 Å². The molecule has 0 aliphatic heterocycles. The van der Waals surface area contributed by atoms with E-state index in [9.17, 15) is 0 Å². The Labute approximate surface area is 125 Å². The van der Waals surface area contributed by atoms with Crippen molar-refractivity contribution in [2.24, 2.45) is 13.0 Å². The molecule has 0 saturated carbocycles. The predicted molar refractivity (Wildman–Crippen MR) is 82.0 cm³/mol. The molecule has 4 heteroatoms. The van der Waals surface area contributed by atoms with Crippen LogP contribution in [0.15, 0.2) is 41.1 Å². The van der Waals surface area contributed by atoms with Gasteiger partial charge in [0.1, 0.15) is 0 Å². The Morgan fingerprint density at radius 2 is 1.83 bits per heavy atom. The highest BCUT2D eigenvalue weighted by Gasteiger charge is 2.10. The average molecular weight is 372 g/mol. The van der Waals surface area contributed by atoms with E-state index < -0.39 is 0 Å². The molecule has 1 aromatic heterocycles. The lowest BCUT2D eigenvalue weighted by molar-refractivity contribution is 0.591. The first-order chi connectivity index (χ1) is 8.67. The van der Waals surface area contributed by atoms with Gasteiger partial charge in [0.2, 0.25) is 0 Å². The zero-order valence-corrected chi connectivity index (χ0v) is 13.5. The first-order valence-corrected chi connectivity index (χ1v) is 7.86. The second kappa shape index (κ2) is 6.53. The van der Waals surface area contributed by atoms with Gasteiger partial charge in [-0.3, -0.25) is 4.68 Å². The highest BCUT2D eigenvalue weighted by molar-refractivity contribution is 9.10. The van der Waals surface area contributed by atoms with Crippen LogP contribution in [0.2, 0.25) is 0 Å². The number of hydrogen-bond donors (Lipinski definition) is 0. The third-order valence-corrected chi connectivity index (χ3v) is 4.38. The normalized spacial score (nSPS) is 12.6. The van der Waals surface area contributed by atoms with Gasteiger partial charge in [-0.25, -0.2) is 0 Å². The molecule has 0 aliphatic rings. The monoisotopic (exact) mass is 370 g/mol. The second-order valence-electron chi connectivity index (χ2n) is 4.58. The molecule has 1 heterocycles. The van der Waals surface area contributed by atoms with Gasteiger partial charge in [-0.1, -0.05) is 44.0 Å². The summed E-state index contributed by atoms with van der Waals surface area (Å²) in [5.41, 5.74) is 2.69. The third kappa shape index (κ3) is 3.95. The Balaban J connectivity index is 1.99. The van der Waals surface area contributed by atoms with E-state index in [1.807, 2.05) is 17.9 Å². The van der Waals surface area contributed by atoms with Crippen molar-refractivity contribution in [1.29, 1.82) is 0 Å². The van der Waals surface area contributed by atoms with E-state index >= 15 is 0 Å². The maximum absolute atomic E-state index is 4.22. The van der Waals surface area contributed by atoms with Crippen LogP contribution in [0.25, 0.3) is 0 Å². The molecule has 96 valence electrons. The largest absolute Gasteiger partial charge is 0.276 e. The molecule has 0 saturated heterocycles. The van der Waals surface area contributed by atoms with E-state index in [1.165, 1.54) is 11.1 Å². The number of aromatic nitrogens is 2. The van der Waals surface area contributed by atoms with E-state index in [4.69, 9.17) is 0 Å². The molecule has 2 nitrogen and oxygen atoms in total. The van der Waals surface area contributed by atoms with Crippen LogP contribution in [0.3, 0.4) is 0 Å². The Morgan fingerprint density at radius 1 is 1.17 bits per heavy atom. The van der Waals surface area contributed by atoms with Crippen LogP contribution in [0.4, 0.5) is 0 Å². The fraction of sp³-hybridized carbons (Fsp3) is 0.357. The molecule has 1 aromatic carbocycles. The van der Waals surface area contributed by atoms with Crippen molar-refractivity contribution < 1.29 is 0 Å². The minimum Gasteiger partial charge on any atom is -0.276 e. The molecular weight excluding hydrogens is 356 g/mol. The van der Waals surface area contributed by atoms with Gasteiger partial charge in [0.25, 0.3) is 0 Å². The molecule has 18 heavy (non-hydrogen) atoms. The number of nitrogens with zero attached hydrogens (tertiary/aromatic N) is 2. The molecule has 2 rings (SSSR count). The minimum absolute atomic E-state index is 0.607. The molecule has 0 amide bonds. The summed E-state index contributed by atoms with van der Waals surface area (Å²) in [5, 5.41) is 5.23. The lowest BCUT2D eigenvalue weighted by atomic mass is 9.96. The standard InChI is InChI=1S/C14H16Br2N2/c1-18-10-13(9-17-18)7-12(8-15)6-11-2-4-14(16)5-3-11/h2-5,9-10,12H,6-8H2,1H3. The van der Waals surface area contributed by atoms with Gasteiger partial charge < -0.3 is 0 Å². The number of benzene rings is 1. The van der Waals surface area contributed by atoms with Crippen molar-refractivity contribution in [2.75, 3.05) is 5.33 Å². The Bertz CT molecular complexity index is 491. The van der Waals surface area contributed by atoms with Gasteiger partial charge in [0, 0.05) is 23.0 Å². The van der Waals surface area contributed by atoms with Crippen LogP contribution in [0.5, 0.6) is 0 Å². The quantitative estimate of drug-likeness (QED) is 0.727. The highest BCUT2D eigenvalue weighted by atomic mass is 79.9. The summed E-state index contributed by atoms with van der Waals surface area (Å²) in [6, 6.07) is 8.57. The van der Waals surface area contributed by atoms with Crippen LogP contribution in [-0.4, -0.2) is 15.1 Å². The van der Waals surface area contributed by atoms with Crippen LogP contribution in [0, 0.1) is 5.92 Å². The summed E-state index contributed by atoms with van der Waals surface area (Å²) in [4.78, 5) is 0. The van der Waals surface area contributed by atoms with Gasteiger partial charge >= 0.3 is 0 Å².